The van der Waals surface area contributed by atoms with E-state index in [1.165, 1.54) is 0 Å². The summed E-state index contributed by atoms with van der Waals surface area (Å²) < 4.78 is 0. The predicted octanol–water partition coefficient (Wildman–Crippen LogP) is -0.290. The van der Waals surface area contributed by atoms with E-state index in [1.54, 1.807) is 50.2 Å². The molecule has 0 saturated carbocycles. The number of aldehydes is 1. The van der Waals surface area contributed by atoms with Crippen molar-refractivity contribution >= 4 is 30.0 Å². The van der Waals surface area contributed by atoms with Gasteiger partial charge in [0, 0.05) is 12.5 Å². The van der Waals surface area contributed by atoms with E-state index in [-0.39, 0.29) is 19.3 Å². The second-order valence-electron chi connectivity index (χ2n) is 10.1. The summed E-state index contributed by atoms with van der Waals surface area (Å²) in [6, 6.07) is 12.9. The Labute approximate surface area is 244 Å². The molecule has 2 aromatic carbocycles. The molecule has 2 rings (SSSR count). The number of carbonyl (C=O) groups excluding carboxylic acids is 4. The third-order valence-electron chi connectivity index (χ3n) is 6.67. The van der Waals surface area contributed by atoms with Crippen LogP contribution in [0.5, 0.6) is 0 Å². The fraction of sp³-hybridized carbons (Fsp3) is 0.433. The number of aliphatic hydroxyl groups excluding tert-OH is 2. The normalized spacial score (nSPS) is 15.2. The maximum Gasteiger partial charge on any atom is 0.303 e. The number of carboxylic acids is 1. The van der Waals surface area contributed by atoms with Crippen molar-refractivity contribution < 1.29 is 39.3 Å². The molecule has 0 radical (unpaired) electrons. The van der Waals surface area contributed by atoms with E-state index >= 15 is 0 Å². The number of aliphatic carboxylic acids is 1. The molecule has 6 atom stereocenters. The first kappa shape index (κ1) is 34.1. The van der Waals surface area contributed by atoms with Crippen LogP contribution in [0.4, 0.5) is 0 Å². The first-order valence-electron chi connectivity index (χ1n) is 13.7. The minimum absolute atomic E-state index is 0.195. The van der Waals surface area contributed by atoms with Gasteiger partial charge in [-0.1, -0.05) is 60.7 Å². The van der Waals surface area contributed by atoms with Crippen molar-refractivity contribution in [2.45, 2.75) is 75.8 Å². The lowest BCUT2D eigenvalue weighted by Crippen LogP contribution is -2.59. The summed E-state index contributed by atoms with van der Waals surface area (Å²) in [7, 11) is 0. The summed E-state index contributed by atoms with van der Waals surface area (Å²) in [6.45, 7) is 2.45. The molecule has 0 aliphatic heterocycles. The lowest BCUT2D eigenvalue weighted by Gasteiger charge is -2.27. The van der Waals surface area contributed by atoms with Crippen molar-refractivity contribution in [3.63, 3.8) is 0 Å². The fourth-order valence-corrected chi connectivity index (χ4v) is 4.09. The standard InChI is InChI=1S/C30H40N4O8/c1-19(20(2)37)31-25(16-22-11-7-4-8-12-22)29(41)33-24(13-14-27(38)39)28(40)34-26(18-36)30(42)32-23(17-35)15-21-9-5-3-6-10-21/h3-12,17,19-20,23-26,31,36-37H,13-16,18H2,1-2H3,(H,32,42)(H,33,41)(H,34,40)(H,38,39)/t19?,20-,23-,24+,25+,26+/m1/s1. The summed E-state index contributed by atoms with van der Waals surface area (Å²) in [5.74, 6) is -3.52. The van der Waals surface area contributed by atoms with E-state index in [2.05, 4.69) is 21.3 Å². The largest absolute Gasteiger partial charge is 0.481 e. The summed E-state index contributed by atoms with van der Waals surface area (Å²) in [4.78, 5) is 62.2. The molecule has 12 heteroatoms. The average molecular weight is 585 g/mol. The molecular formula is C30H40N4O8. The number of nitrogens with one attached hydrogen (secondary N) is 4. The third kappa shape index (κ3) is 11.8. The van der Waals surface area contributed by atoms with Gasteiger partial charge in [-0.15, -0.1) is 0 Å². The van der Waals surface area contributed by atoms with Crippen molar-refractivity contribution in [1.82, 2.24) is 21.3 Å². The molecule has 1 unspecified atom stereocenters. The maximum absolute atomic E-state index is 13.4. The Balaban J connectivity index is 2.15. The lowest BCUT2D eigenvalue weighted by atomic mass is 10.0. The molecular weight excluding hydrogens is 544 g/mol. The Hall–Kier alpha value is -4.13. The summed E-state index contributed by atoms with van der Waals surface area (Å²) >= 11 is 0. The van der Waals surface area contributed by atoms with E-state index in [1.807, 2.05) is 24.3 Å². The Morgan fingerprint density at radius 1 is 0.762 bits per heavy atom. The van der Waals surface area contributed by atoms with Crippen molar-refractivity contribution in [2.24, 2.45) is 0 Å². The van der Waals surface area contributed by atoms with E-state index in [0.717, 1.165) is 11.1 Å². The molecule has 7 N–H and O–H groups in total. The Bertz CT molecular complexity index is 1160. The highest BCUT2D eigenvalue weighted by Crippen LogP contribution is 2.08. The van der Waals surface area contributed by atoms with Crippen molar-refractivity contribution in [2.75, 3.05) is 6.61 Å². The molecule has 42 heavy (non-hydrogen) atoms. The molecule has 3 amide bonds. The zero-order valence-electron chi connectivity index (χ0n) is 23.7. The average Bonchev–Trinajstić information content (AvgIpc) is 2.97. The van der Waals surface area contributed by atoms with E-state index in [0.29, 0.717) is 6.29 Å². The third-order valence-corrected chi connectivity index (χ3v) is 6.67. The number of carbonyl (C=O) groups is 5. The molecule has 0 aliphatic rings. The van der Waals surface area contributed by atoms with E-state index < -0.39 is 73.0 Å². The number of carboxylic acid groups (broad SMARTS) is 1. The highest BCUT2D eigenvalue weighted by atomic mass is 16.4. The molecule has 0 fully saturated rings. The van der Waals surface area contributed by atoms with Crippen LogP contribution >= 0.6 is 0 Å². The van der Waals surface area contributed by atoms with Crippen LogP contribution in [0.15, 0.2) is 60.7 Å². The molecule has 0 spiro atoms. The summed E-state index contributed by atoms with van der Waals surface area (Å²) in [5.41, 5.74) is 1.60. The molecule has 2 aromatic rings. The van der Waals surface area contributed by atoms with Crippen molar-refractivity contribution in [3.05, 3.63) is 71.8 Å². The number of aliphatic hydroxyl groups is 2. The van der Waals surface area contributed by atoms with Gasteiger partial charge in [-0.3, -0.25) is 19.2 Å². The number of rotatable bonds is 18. The molecule has 0 heterocycles. The Kier molecular flexibility index (Phi) is 14.3. The highest BCUT2D eigenvalue weighted by molar-refractivity contribution is 5.94. The monoisotopic (exact) mass is 584 g/mol. The molecule has 0 aliphatic carbocycles. The molecule has 0 saturated heterocycles. The SMILES string of the molecule is CC(N[C@@H](Cc1ccccc1)C(=O)N[C@@H](CCC(=O)O)C(=O)N[C@@H](CO)C(=O)N[C@@H](C=O)Cc1ccccc1)[C@@H](C)O. The minimum atomic E-state index is -1.46. The predicted molar refractivity (Wildman–Crippen MR) is 154 cm³/mol. The van der Waals surface area contributed by atoms with Gasteiger partial charge in [-0.2, -0.15) is 0 Å². The van der Waals surface area contributed by atoms with Crippen LogP contribution in [0.2, 0.25) is 0 Å². The number of hydrogen-bond donors (Lipinski definition) is 7. The van der Waals surface area contributed by atoms with E-state index in [9.17, 15) is 39.3 Å². The van der Waals surface area contributed by atoms with E-state index in [4.69, 9.17) is 0 Å². The van der Waals surface area contributed by atoms with Crippen LogP contribution in [0.3, 0.4) is 0 Å². The van der Waals surface area contributed by atoms with Crippen LogP contribution in [-0.2, 0) is 36.8 Å². The van der Waals surface area contributed by atoms with Crippen LogP contribution in [0.1, 0.15) is 37.8 Å². The van der Waals surface area contributed by atoms with Crippen LogP contribution in [-0.4, -0.2) is 88.2 Å². The Morgan fingerprint density at radius 2 is 1.26 bits per heavy atom. The molecule has 0 bridgehead atoms. The maximum atomic E-state index is 13.4. The quantitative estimate of drug-likeness (QED) is 0.115. The van der Waals surface area contributed by atoms with Crippen molar-refractivity contribution in [1.29, 1.82) is 0 Å². The summed E-state index contributed by atoms with van der Waals surface area (Å²) in [5, 5.41) is 39.4. The van der Waals surface area contributed by atoms with Crippen LogP contribution in [0.25, 0.3) is 0 Å². The minimum Gasteiger partial charge on any atom is -0.481 e. The number of amides is 3. The van der Waals surface area contributed by atoms with Gasteiger partial charge in [0.2, 0.25) is 17.7 Å². The van der Waals surface area contributed by atoms with Gasteiger partial charge in [-0.05, 0) is 44.2 Å². The zero-order chi connectivity index (χ0) is 31.1. The lowest BCUT2D eigenvalue weighted by molar-refractivity contribution is -0.138. The van der Waals surface area contributed by atoms with Gasteiger partial charge in [0.15, 0.2) is 0 Å². The van der Waals surface area contributed by atoms with Gasteiger partial charge in [0.05, 0.1) is 24.8 Å². The molecule has 0 aromatic heterocycles. The topological polar surface area (TPSA) is 194 Å². The second-order valence-corrected chi connectivity index (χ2v) is 10.1. The highest BCUT2D eigenvalue weighted by Gasteiger charge is 2.31. The van der Waals surface area contributed by atoms with Crippen LogP contribution < -0.4 is 21.3 Å². The van der Waals surface area contributed by atoms with Crippen molar-refractivity contribution in [3.8, 4) is 0 Å². The van der Waals surface area contributed by atoms with Crippen LogP contribution in [0, 0.1) is 0 Å². The molecule has 228 valence electrons. The zero-order valence-corrected chi connectivity index (χ0v) is 23.7. The first-order chi connectivity index (χ1) is 20.0. The first-order valence-corrected chi connectivity index (χ1v) is 13.7. The van der Waals surface area contributed by atoms with Gasteiger partial charge in [0.25, 0.3) is 0 Å². The van der Waals surface area contributed by atoms with Gasteiger partial charge >= 0.3 is 5.97 Å². The van der Waals surface area contributed by atoms with Gasteiger partial charge < -0.3 is 41.4 Å². The van der Waals surface area contributed by atoms with Gasteiger partial charge in [-0.25, -0.2) is 0 Å². The molecule has 12 nitrogen and oxygen atoms in total. The fourth-order valence-electron chi connectivity index (χ4n) is 4.09. The summed E-state index contributed by atoms with van der Waals surface area (Å²) in [6.07, 6.45) is -0.581. The Morgan fingerprint density at radius 3 is 1.76 bits per heavy atom. The number of hydrogen-bond acceptors (Lipinski definition) is 8. The van der Waals surface area contributed by atoms with Gasteiger partial charge in [0.1, 0.15) is 18.4 Å². The smallest absolute Gasteiger partial charge is 0.303 e. The number of benzene rings is 2. The second kappa shape index (κ2) is 17.6.